The number of halogens is 1. The van der Waals surface area contributed by atoms with Gasteiger partial charge in [0.15, 0.2) is 9.84 Å². The molecule has 1 amide bonds. The molecule has 1 aromatic heterocycles. The fraction of sp³-hybridized carbons (Fsp3) is 0.455. The number of amides is 1. The van der Waals surface area contributed by atoms with Gasteiger partial charge in [-0.05, 0) is 17.7 Å². The van der Waals surface area contributed by atoms with Crippen LogP contribution < -0.4 is 0 Å². The lowest BCUT2D eigenvalue weighted by molar-refractivity contribution is -0.138. The number of furan rings is 1. The number of carboxylic acid groups (broad SMARTS) is 1. The third-order valence-electron chi connectivity index (χ3n) is 3.05. The van der Waals surface area contributed by atoms with E-state index in [-0.39, 0.29) is 28.8 Å². The summed E-state index contributed by atoms with van der Waals surface area (Å²) in [7, 11) is -3.34. The number of carboxylic acids is 1. The van der Waals surface area contributed by atoms with E-state index >= 15 is 0 Å². The number of carbonyl (C=O) groups excluding carboxylic acids is 1. The van der Waals surface area contributed by atoms with Gasteiger partial charge in [-0.2, -0.15) is 0 Å². The van der Waals surface area contributed by atoms with E-state index in [4.69, 9.17) is 21.1 Å². The predicted molar refractivity (Wildman–Crippen MR) is 69.4 cm³/mol. The highest BCUT2D eigenvalue weighted by Gasteiger charge is 2.36. The summed E-state index contributed by atoms with van der Waals surface area (Å²) in [4.78, 5) is 24.3. The lowest BCUT2D eigenvalue weighted by Crippen LogP contribution is -2.51. The third-order valence-corrected chi connectivity index (χ3v) is 5.04. The maximum atomic E-state index is 12.3. The maximum absolute atomic E-state index is 12.3. The van der Waals surface area contributed by atoms with Crippen molar-refractivity contribution in [3.8, 4) is 0 Å². The van der Waals surface area contributed by atoms with Gasteiger partial charge in [-0.1, -0.05) is 0 Å². The molecule has 20 heavy (non-hydrogen) atoms. The van der Waals surface area contributed by atoms with Crippen LogP contribution in [-0.2, 0) is 14.6 Å². The summed E-state index contributed by atoms with van der Waals surface area (Å²) >= 11 is 5.71. The lowest BCUT2D eigenvalue weighted by atomic mass is 10.1. The van der Waals surface area contributed by atoms with Crippen molar-refractivity contribution in [1.82, 2.24) is 4.90 Å². The zero-order chi connectivity index (χ0) is 14.9. The van der Waals surface area contributed by atoms with Gasteiger partial charge in [0.2, 0.25) is 5.22 Å². The van der Waals surface area contributed by atoms with Crippen molar-refractivity contribution in [3.63, 3.8) is 0 Å². The molecule has 0 aliphatic carbocycles. The van der Waals surface area contributed by atoms with Crippen LogP contribution in [0.15, 0.2) is 16.7 Å². The summed E-state index contributed by atoms with van der Waals surface area (Å²) in [5, 5.41) is 8.74. The topological polar surface area (TPSA) is 105 Å². The molecular weight excluding hydrogens is 310 g/mol. The van der Waals surface area contributed by atoms with Gasteiger partial charge in [0.25, 0.3) is 5.91 Å². The minimum Gasteiger partial charge on any atom is -0.481 e. The molecule has 0 spiro atoms. The Bertz CT molecular complexity index is 637. The zero-order valence-corrected chi connectivity index (χ0v) is 11.9. The van der Waals surface area contributed by atoms with Crippen LogP contribution in [0.25, 0.3) is 0 Å². The van der Waals surface area contributed by atoms with E-state index in [1.165, 1.54) is 17.2 Å². The zero-order valence-electron chi connectivity index (χ0n) is 10.3. The number of hydrogen-bond donors (Lipinski definition) is 1. The fourth-order valence-corrected chi connectivity index (χ4v) is 3.85. The first-order valence-corrected chi connectivity index (χ1v) is 7.96. The molecule has 9 heteroatoms. The largest absolute Gasteiger partial charge is 0.481 e. The Morgan fingerprint density at radius 2 is 2.20 bits per heavy atom. The predicted octanol–water partition coefficient (Wildman–Crippen LogP) is 0.647. The third kappa shape index (κ3) is 3.13. The molecule has 2 rings (SSSR count). The van der Waals surface area contributed by atoms with Gasteiger partial charge in [0.05, 0.1) is 35.8 Å². The van der Waals surface area contributed by atoms with Crippen molar-refractivity contribution >= 4 is 33.3 Å². The molecule has 110 valence electrons. The van der Waals surface area contributed by atoms with Crippen LogP contribution in [0.1, 0.15) is 16.8 Å². The monoisotopic (exact) mass is 321 g/mol. The molecule has 0 saturated carbocycles. The van der Waals surface area contributed by atoms with E-state index in [0.717, 1.165) is 0 Å². The molecule has 1 atom stereocenters. The van der Waals surface area contributed by atoms with Crippen LogP contribution >= 0.6 is 11.6 Å². The Morgan fingerprint density at radius 3 is 2.75 bits per heavy atom. The first-order chi connectivity index (χ1) is 9.30. The molecule has 1 saturated heterocycles. The van der Waals surface area contributed by atoms with Crippen molar-refractivity contribution in [2.45, 2.75) is 12.5 Å². The van der Waals surface area contributed by atoms with Gasteiger partial charge in [-0.15, -0.1) is 0 Å². The SMILES string of the molecule is O=C(O)CC1CS(=O)(=O)CCN1C(=O)c1ccoc1Cl. The molecule has 1 fully saturated rings. The Labute approximate surface area is 120 Å². The lowest BCUT2D eigenvalue weighted by Gasteiger charge is -2.34. The number of sulfone groups is 1. The minimum absolute atomic E-state index is 0.0549. The Kier molecular flexibility index (Phi) is 4.05. The minimum atomic E-state index is -3.34. The van der Waals surface area contributed by atoms with Crippen LogP contribution in [0.2, 0.25) is 5.22 Å². The van der Waals surface area contributed by atoms with Gasteiger partial charge in [-0.25, -0.2) is 8.42 Å². The summed E-state index contributed by atoms with van der Waals surface area (Å²) in [6.07, 6.45) is 0.808. The molecule has 1 unspecified atom stereocenters. The maximum Gasteiger partial charge on any atom is 0.305 e. The van der Waals surface area contributed by atoms with Crippen LogP contribution in [0.4, 0.5) is 0 Å². The second kappa shape index (κ2) is 5.45. The van der Waals surface area contributed by atoms with E-state index < -0.39 is 34.2 Å². The van der Waals surface area contributed by atoms with Gasteiger partial charge < -0.3 is 14.4 Å². The van der Waals surface area contributed by atoms with Crippen molar-refractivity contribution < 1.29 is 27.5 Å². The molecule has 1 aromatic rings. The van der Waals surface area contributed by atoms with Gasteiger partial charge in [0.1, 0.15) is 0 Å². The average molecular weight is 322 g/mol. The highest BCUT2D eigenvalue weighted by molar-refractivity contribution is 7.91. The standard InChI is InChI=1S/C11H12ClNO6S/c12-10-8(1-3-19-10)11(16)13-2-4-20(17,18)6-7(13)5-9(14)15/h1,3,7H,2,4-6H2,(H,14,15). The highest BCUT2D eigenvalue weighted by Crippen LogP contribution is 2.23. The normalized spacial score (nSPS) is 21.6. The Balaban J connectivity index is 2.26. The second-order valence-corrected chi connectivity index (χ2v) is 7.04. The second-order valence-electron chi connectivity index (χ2n) is 4.47. The number of nitrogens with zero attached hydrogens (tertiary/aromatic N) is 1. The van der Waals surface area contributed by atoms with Crippen molar-refractivity contribution in [2.75, 3.05) is 18.1 Å². The van der Waals surface area contributed by atoms with Crippen LogP contribution in [0.3, 0.4) is 0 Å². The molecule has 2 heterocycles. The van der Waals surface area contributed by atoms with E-state index in [1.807, 2.05) is 0 Å². The van der Waals surface area contributed by atoms with E-state index in [1.54, 1.807) is 0 Å². The summed E-state index contributed by atoms with van der Waals surface area (Å²) < 4.78 is 28.0. The van der Waals surface area contributed by atoms with Crippen LogP contribution in [-0.4, -0.2) is 54.4 Å². The molecular formula is C11H12ClNO6S. The Morgan fingerprint density at radius 1 is 1.50 bits per heavy atom. The van der Waals surface area contributed by atoms with Gasteiger partial charge in [0, 0.05) is 6.54 Å². The first-order valence-electron chi connectivity index (χ1n) is 5.76. The van der Waals surface area contributed by atoms with E-state index in [2.05, 4.69) is 0 Å². The van der Waals surface area contributed by atoms with Crippen molar-refractivity contribution in [3.05, 3.63) is 23.1 Å². The van der Waals surface area contributed by atoms with Crippen LogP contribution in [0.5, 0.6) is 0 Å². The molecule has 0 radical (unpaired) electrons. The summed E-state index contributed by atoms with van der Waals surface area (Å²) in [6.45, 7) is -0.0549. The van der Waals surface area contributed by atoms with Crippen LogP contribution in [0, 0.1) is 0 Å². The summed E-state index contributed by atoms with van der Waals surface area (Å²) in [6, 6.07) is 0.468. The molecule has 0 bridgehead atoms. The fourth-order valence-electron chi connectivity index (χ4n) is 2.13. The average Bonchev–Trinajstić information content (AvgIpc) is 2.73. The Hall–Kier alpha value is -1.54. The van der Waals surface area contributed by atoms with Gasteiger partial charge >= 0.3 is 5.97 Å². The van der Waals surface area contributed by atoms with Crippen molar-refractivity contribution in [2.24, 2.45) is 0 Å². The van der Waals surface area contributed by atoms with Crippen molar-refractivity contribution in [1.29, 1.82) is 0 Å². The molecule has 0 aromatic carbocycles. The molecule has 1 N–H and O–H groups in total. The number of aliphatic carboxylic acids is 1. The highest BCUT2D eigenvalue weighted by atomic mass is 35.5. The first kappa shape index (κ1) is 14.9. The van der Waals surface area contributed by atoms with E-state index in [0.29, 0.717) is 0 Å². The number of carbonyl (C=O) groups is 2. The summed E-state index contributed by atoms with van der Waals surface area (Å²) in [5.41, 5.74) is 0.0985. The smallest absolute Gasteiger partial charge is 0.305 e. The molecule has 1 aliphatic rings. The summed E-state index contributed by atoms with van der Waals surface area (Å²) in [5.74, 6) is -2.24. The van der Waals surface area contributed by atoms with E-state index in [9.17, 15) is 18.0 Å². The molecule has 7 nitrogen and oxygen atoms in total. The molecule has 1 aliphatic heterocycles. The number of rotatable bonds is 3. The number of hydrogen-bond acceptors (Lipinski definition) is 5. The van der Waals surface area contributed by atoms with Gasteiger partial charge in [-0.3, -0.25) is 9.59 Å². The quantitative estimate of drug-likeness (QED) is 0.876.